The molecule has 8 heteroatoms. The van der Waals surface area contributed by atoms with Crippen molar-refractivity contribution in [1.29, 1.82) is 0 Å². The Morgan fingerprint density at radius 2 is 2.11 bits per heavy atom. The van der Waals surface area contributed by atoms with E-state index in [0.29, 0.717) is 4.47 Å². The summed E-state index contributed by atoms with van der Waals surface area (Å²) in [5, 5.41) is 8.58. The Bertz CT molecular complexity index is 450. The van der Waals surface area contributed by atoms with E-state index >= 15 is 0 Å². The minimum Gasteiger partial charge on any atom is -0.481 e. The minimum absolute atomic E-state index is 0.0240. The highest BCUT2D eigenvalue weighted by Gasteiger charge is 2.33. The van der Waals surface area contributed by atoms with Gasteiger partial charge in [0.1, 0.15) is 5.75 Å². The number of alkyl halides is 3. The van der Waals surface area contributed by atoms with Crippen LogP contribution in [0, 0.1) is 0 Å². The molecule has 0 spiro atoms. The van der Waals surface area contributed by atoms with E-state index < -0.39 is 30.5 Å². The third-order valence-corrected chi connectivity index (χ3v) is 2.48. The Morgan fingerprint density at radius 1 is 1.50 bits per heavy atom. The smallest absolute Gasteiger partial charge is 0.481 e. The second kappa shape index (κ2) is 5.57. The second-order valence-electron chi connectivity index (χ2n) is 3.43. The van der Waals surface area contributed by atoms with Crippen LogP contribution in [0.5, 0.6) is 5.75 Å². The molecule has 0 aliphatic carbocycles. The van der Waals surface area contributed by atoms with Gasteiger partial charge in [-0.3, -0.25) is 4.79 Å². The molecule has 4 nitrogen and oxygen atoms in total. The van der Waals surface area contributed by atoms with Crippen LogP contribution in [0.4, 0.5) is 13.2 Å². The van der Waals surface area contributed by atoms with Gasteiger partial charge in [-0.05, 0) is 18.2 Å². The van der Waals surface area contributed by atoms with Gasteiger partial charge in [-0.2, -0.15) is 0 Å². The van der Waals surface area contributed by atoms with E-state index in [1.54, 1.807) is 0 Å². The molecule has 0 aliphatic heterocycles. The number of halogens is 4. The van der Waals surface area contributed by atoms with Crippen molar-refractivity contribution in [2.75, 3.05) is 0 Å². The van der Waals surface area contributed by atoms with Crippen LogP contribution in [0.1, 0.15) is 18.0 Å². The molecule has 3 N–H and O–H groups in total. The SMILES string of the molecule is NC(CC(=O)O)c1cc(Br)ccc1OC(F)(F)F. The summed E-state index contributed by atoms with van der Waals surface area (Å²) in [5.74, 6) is -1.71. The molecule has 18 heavy (non-hydrogen) atoms. The number of ether oxygens (including phenoxy) is 1. The Morgan fingerprint density at radius 3 is 2.61 bits per heavy atom. The van der Waals surface area contributed by atoms with E-state index in [0.717, 1.165) is 6.07 Å². The molecule has 0 saturated heterocycles. The predicted octanol–water partition coefficient (Wildman–Crippen LogP) is 2.82. The monoisotopic (exact) mass is 327 g/mol. The predicted molar refractivity (Wildman–Crippen MR) is 60.0 cm³/mol. The maximum atomic E-state index is 12.2. The minimum atomic E-state index is -4.86. The molecule has 0 radical (unpaired) electrons. The lowest BCUT2D eigenvalue weighted by molar-refractivity contribution is -0.275. The lowest BCUT2D eigenvalue weighted by Gasteiger charge is -2.17. The van der Waals surface area contributed by atoms with E-state index in [9.17, 15) is 18.0 Å². The van der Waals surface area contributed by atoms with Crippen LogP contribution in [0.2, 0.25) is 0 Å². The summed E-state index contributed by atoms with van der Waals surface area (Å²) in [6, 6.07) is 2.64. The molecular weight excluding hydrogens is 319 g/mol. The van der Waals surface area contributed by atoms with Crippen molar-refractivity contribution in [3.63, 3.8) is 0 Å². The highest BCUT2D eigenvalue weighted by atomic mass is 79.9. The average Bonchev–Trinajstić information content (AvgIpc) is 2.17. The largest absolute Gasteiger partial charge is 0.573 e. The Kier molecular flexibility index (Phi) is 4.58. The number of carboxylic acids is 1. The van der Waals surface area contributed by atoms with Gasteiger partial charge in [0, 0.05) is 16.1 Å². The van der Waals surface area contributed by atoms with Crippen molar-refractivity contribution in [3.05, 3.63) is 28.2 Å². The van der Waals surface area contributed by atoms with Gasteiger partial charge in [0.2, 0.25) is 0 Å². The van der Waals surface area contributed by atoms with Gasteiger partial charge in [0.25, 0.3) is 0 Å². The van der Waals surface area contributed by atoms with Gasteiger partial charge < -0.3 is 15.6 Å². The zero-order chi connectivity index (χ0) is 13.9. The first-order chi connectivity index (χ1) is 8.19. The molecule has 0 heterocycles. The highest BCUT2D eigenvalue weighted by Crippen LogP contribution is 2.32. The number of hydrogen-bond acceptors (Lipinski definition) is 3. The second-order valence-corrected chi connectivity index (χ2v) is 4.35. The van der Waals surface area contributed by atoms with Gasteiger partial charge in [-0.15, -0.1) is 13.2 Å². The molecule has 0 fully saturated rings. The van der Waals surface area contributed by atoms with Crippen molar-refractivity contribution >= 4 is 21.9 Å². The Balaban J connectivity index is 3.07. The maximum Gasteiger partial charge on any atom is 0.573 e. The van der Waals surface area contributed by atoms with E-state index in [4.69, 9.17) is 10.8 Å². The van der Waals surface area contributed by atoms with Crippen LogP contribution in [0.3, 0.4) is 0 Å². The number of rotatable bonds is 4. The van der Waals surface area contributed by atoms with Gasteiger partial charge in [-0.25, -0.2) is 0 Å². The number of hydrogen-bond donors (Lipinski definition) is 2. The quantitative estimate of drug-likeness (QED) is 0.891. The molecule has 1 rings (SSSR count). The summed E-state index contributed by atoms with van der Waals surface area (Å²) in [4.78, 5) is 10.5. The molecule has 0 saturated carbocycles. The summed E-state index contributed by atoms with van der Waals surface area (Å²) in [7, 11) is 0. The molecule has 1 aromatic rings. The first kappa shape index (κ1) is 14.8. The number of benzene rings is 1. The molecule has 1 unspecified atom stereocenters. The van der Waals surface area contributed by atoms with Gasteiger partial charge in [0.05, 0.1) is 6.42 Å². The van der Waals surface area contributed by atoms with Crippen LogP contribution in [0.25, 0.3) is 0 Å². The number of carboxylic acid groups (broad SMARTS) is 1. The van der Waals surface area contributed by atoms with Crippen molar-refractivity contribution < 1.29 is 27.8 Å². The summed E-state index contributed by atoms with van der Waals surface area (Å²) in [6.07, 6.45) is -5.35. The van der Waals surface area contributed by atoms with Gasteiger partial charge >= 0.3 is 12.3 Å². The van der Waals surface area contributed by atoms with E-state index in [-0.39, 0.29) is 5.56 Å². The highest BCUT2D eigenvalue weighted by molar-refractivity contribution is 9.10. The van der Waals surface area contributed by atoms with Gasteiger partial charge in [0.15, 0.2) is 0 Å². The molecule has 0 amide bonds. The number of nitrogens with two attached hydrogens (primary N) is 1. The third-order valence-electron chi connectivity index (χ3n) is 1.99. The lowest BCUT2D eigenvalue weighted by atomic mass is 10.0. The molecule has 0 aliphatic rings. The number of aliphatic carboxylic acids is 1. The van der Waals surface area contributed by atoms with E-state index in [2.05, 4.69) is 20.7 Å². The summed E-state index contributed by atoms with van der Waals surface area (Å²) < 4.78 is 40.7. The Hall–Kier alpha value is -1.28. The van der Waals surface area contributed by atoms with Crippen molar-refractivity contribution in [2.45, 2.75) is 18.8 Å². The normalized spacial score (nSPS) is 13.2. The third kappa shape index (κ3) is 4.53. The fourth-order valence-corrected chi connectivity index (χ4v) is 1.70. The summed E-state index contributed by atoms with van der Waals surface area (Å²) in [6.45, 7) is 0. The van der Waals surface area contributed by atoms with Crippen molar-refractivity contribution in [2.24, 2.45) is 5.73 Å². The number of carbonyl (C=O) groups is 1. The zero-order valence-electron chi connectivity index (χ0n) is 8.87. The molecule has 1 atom stereocenters. The topological polar surface area (TPSA) is 72.6 Å². The standard InChI is InChI=1S/C10H9BrF3NO3/c11-5-1-2-8(18-10(12,13)14)6(3-5)7(15)4-9(16)17/h1-3,7H,4,15H2,(H,16,17). The molecule has 100 valence electrons. The first-order valence-corrected chi connectivity index (χ1v) is 5.51. The van der Waals surface area contributed by atoms with Crippen molar-refractivity contribution in [3.8, 4) is 5.75 Å². The molecular formula is C10H9BrF3NO3. The maximum absolute atomic E-state index is 12.2. The van der Waals surface area contributed by atoms with E-state index in [1.165, 1.54) is 12.1 Å². The van der Waals surface area contributed by atoms with Crippen molar-refractivity contribution in [1.82, 2.24) is 0 Å². The van der Waals surface area contributed by atoms with Crippen LogP contribution in [-0.2, 0) is 4.79 Å². The molecule has 1 aromatic carbocycles. The lowest BCUT2D eigenvalue weighted by Crippen LogP contribution is -2.21. The van der Waals surface area contributed by atoms with Crippen LogP contribution >= 0.6 is 15.9 Å². The first-order valence-electron chi connectivity index (χ1n) is 4.71. The van der Waals surface area contributed by atoms with Crippen LogP contribution < -0.4 is 10.5 Å². The molecule has 0 aromatic heterocycles. The molecule has 0 bridgehead atoms. The van der Waals surface area contributed by atoms with E-state index in [1.807, 2.05) is 0 Å². The summed E-state index contributed by atoms with van der Waals surface area (Å²) in [5.41, 5.74) is 5.51. The zero-order valence-corrected chi connectivity index (χ0v) is 10.5. The Labute approximate surface area is 109 Å². The van der Waals surface area contributed by atoms with Crippen LogP contribution in [0.15, 0.2) is 22.7 Å². The van der Waals surface area contributed by atoms with Crippen LogP contribution in [-0.4, -0.2) is 17.4 Å². The van der Waals surface area contributed by atoms with Gasteiger partial charge in [-0.1, -0.05) is 15.9 Å². The average molecular weight is 328 g/mol. The fraction of sp³-hybridized carbons (Fsp3) is 0.300. The summed E-state index contributed by atoms with van der Waals surface area (Å²) >= 11 is 3.07. The fourth-order valence-electron chi connectivity index (χ4n) is 1.32.